The van der Waals surface area contributed by atoms with Gasteiger partial charge in [-0.15, -0.1) is 6.58 Å². The lowest BCUT2D eigenvalue weighted by Crippen LogP contribution is -2.97. The Morgan fingerprint density at radius 2 is 1.95 bits per heavy atom. The number of quaternary nitrogens is 1. The van der Waals surface area contributed by atoms with E-state index < -0.39 is 0 Å². The SMILES string of the molecule is C=CC[C@H]1[NH2+]C(C)(C)Cc2cc(OC)c(OC)cc21. The van der Waals surface area contributed by atoms with E-state index in [2.05, 4.69) is 37.9 Å². The van der Waals surface area contributed by atoms with E-state index in [0.717, 1.165) is 24.3 Å². The molecule has 1 atom stereocenters. The van der Waals surface area contributed by atoms with Crippen molar-refractivity contribution in [1.82, 2.24) is 0 Å². The minimum atomic E-state index is 0.209. The van der Waals surface area contributed by atoms with Crippen LogP contribution in [0.25, 0.3) is 0 Å². The maximum atomic E-state index is 5.42. The summed E-state index contributed by atoms with van der Waals surface area (Å²) < 4.78 is 10.8. The Hall–Kier alpha value is -1.48. The van der Waals surface area contributed by atoms with Crippen molar-refractivity contribution >= 4 is 0 Å². The normalized spacial score (nSPS) is 20.5. The van der Waals surface area contributed by atoms with Gasteiger partial charge in [0, 0.05) is 18.4 Å². The molecule has 0 saturated heterocycles. The minimum Gasteiger partial charge on any atom is -0.493 e. The molecule has 0 amide bonds. The van der Waals surface area contributed by atoms with Gasteiger partial charge in [0.25, 0.3) is 0 Å². The summed E-state index contributed by atoms with van der Waals surface area (Å²) in [5.41, 5.74) is 2.91. The third-order valence-corrected chi connectivity index (χ3v) is 3.76. The van der Waals surface area contributed by atoms with E-state index in [1.54, 1.807) is 14.2 Å². The molecule has 0 radical (unpaired) electrons. The molecule has 0 saturated carbocycles. The first-order valence-corrected chi connectivity index (χ1v) is 6.72. The summed E-state index contributed by atoms with van der Waals surface area (Å²) in [7, 11) is 3.37. The van der Waals surface area contributed by atoms with Gasteiger partial charge in [-0.1, -0.05) is 6.08 Å². The van der Waals surface area contributed by atoms with Crippen LogP contribution >= 0.6 is 0 Å². The average Bonchev–Trinajstić information content (AvgIpc) is 2.36. The van der Waals surface area contributed by atoms with Crippen molar-refractivity contribution in [2.24, 2.45) is 0 Å². The van der Waals surface area contributed by atoms with E-state index >= 15 is 0 Å². The van der Waals surface area contributed by atoms with Crippen LogP contribution in [0.1, 0.15) is 37.4 Å². The highest BCUT2D eigenvalue weighted by molar-refractivity contribution is 5.49. The molecule has 104 valence electrons. The van der Waals surface area contributed by atoms with Gasteiger partial charge in [-0.3, -0.25) is 0 Å². The fourth-order valence-electron chi connectivity index (χ4n) is 2.99. The van der Waals surface area contributed by atoms with E-state index in [0.29, 0.717) is 6.04 Å². The van der Waals surface area contributed by atoms with Crippen LogP contribution in [0.3, 0.4) is 0 Å². The highest BCUT2D eigenvalue weighted by atomic mass is 16.5. The molecule has 1 aliphatic heterocycles. The van der Waals surface area contributed by atoms with Crippen LogP contribution in [-0.2, 0) is 6.42 Å². The van der Waals surface area contributed by atoms with Crippen LogP contribution in [-0.4, -0.2) is 19.8 Å². The molecule has 1 heterocycles. The van der Waals surface area contributed by atoms with E-state index in [1.807, 2.05) is 6.08 Å². The van der Waals surface area contributed by atoms with Gasteiger partial charge in [0.2, 0.25) is 0 Å². The van der Waals surface area contributed by atoms with E-state index in [9.17, 15) is 0 Å². The molecule has 0 aromatic heterocycles. The summed E-state index contributed by atoms with van der Waals surface area (Å²) in [6, 6.07) is 4.66. The van der Waals surface area contributed by atoms with Gasteiger partial charge >= 0.3 is 0 Å². The van der Waals surface area contributed by atoms with Crippen LogP contribution in [0.2, 0.25) is 0 Å². The lowest BCUT2D eigenvalue weighted by molar-refractivity contribution is -0.760. The zero-order chi connectivity index (χ0) is 14.0. The molecule has 0 fully saturated rings. The summed E-state index contributed by atoms with van der Waals surface area (Å²) in [5, 5.41) is 2.43. The molecule has 1 aromatic rings. The highest BCUT2D eigenvalue weighted by Gasteiger charge is 2.35. The summed E-state index contributed by atoms with van der Waals surface area (Å²) >= 11 is 0. The first-order valence-electron chi connectivity index (χ1n) is 6.72. The van der Waals surface area contributed by atoms with E-state index in [1.165, 1.54) is 11.1 Å². The van der Waals surface area contributed by atoms with E-state index in [-0.39, 0.29) is 5.54 Å². The van der Waals surface area contributed by atoms with Crippen molar-refractivity contribution in [2.45, 2.75) is 38.3 Å². The lowest BCUT2D eigenvalue weighted by Gasteiger charge is -2.35. The van der Waals surface area contributed by atoms with Gasteiger partial charge in [0.05, 0.1) is 19.8 Å². The molecule has 19 heavy (non-hydrogen) atoms. The van der Waals surface area contributed by atoms with Crippen molar-refractivity contribution in [3.63, 3.8) is 0 Å². The molecule has 0 unspecified atom stereocenters. The number of fused-ring (bicyclic) bond motifs is 1. The van der Waals surface area contributed by atoms with Crippen LogP contribution in [0.4, 0.5) is 0 Å². The van der Waals surface area contributed by atoms with Gasteiger partial charge in [-0.25, -0.2) is 0 Å². The topological polar surface area (TPSA) is 35.1 Å². The van der Waals surface area contributed by atoms with Gasteiger partial charge in [-0.2, -0.15) is 0 Å². The predicted molar refractivity (Wildman–Crippen MR) is 76.8 cm³/mol. The number of benzene rings is 1. The highest BCUT2D eigenvalue weighted by Crippen LogP contribution is 2.36. The van der Waals surface area contributed by atoms with Crippen LogP contribution in [0.5, 0.6) is 11.5 Å². The summed E-state index contributed by atoms with van der Waals surface area (Å²) in [5.74, 6) is 1.62. The smallest absolute Gasteiger partial charge is 0.161 e. The monoisotopic (exact) mass is 262 g/mol. The number of hydrogen-bond donors (Lipinski definition) is 1. The Labute approximate surface area is 115 Å². The predicted octanol–water partition coefficient (Wildman–Crippen LogP) is 2.22. The standard InChI is InChI=1S/C16H23NO2/c1-6-7-13-12-9-15(19-5)14(18-4)8-11(12)10-16(2,3)17-13/h6,8-9,13,17H,1,7,10H2,2-5H3/p+1/t13-/m1/s1. The zero-order valence-electron chi connectivity index (χ0n) is 12.3. The number of ether oxygens (including phenoxy) is 2. The van der Waals surface area contributed by atoms with Crippen molar-refractivity contribution in [2.75, 3.05) is 14.2 Å². The molecule has 2 rings (SSSR count). The van der Waals surface area contributed by atoms with Gasteiger partial charge < -0.3 is 14.8 Å². The quantitative estimate of drug-likeness (QED) is 0.844. The second kappa shape index (κ2) is 5.25. The minimum absolute atomic E-state index is 0.209. The first-order chi connectivity index (χ1) is 9.00. The van der Waals surface area contributed by atoms with Gasteiger partial charge in [-0.05, 0) is 31.5 Å². The molecule has 0 bridgehead atoms. The molecule has 2 N–H and O–H groups in total. The Bertz CT molecular complexity index is 480. The number of nitrogens with two attached hydrogens (primary N) is 1. The third kappa shape index (κ3) is 2.76. The zero-order valence-corrected chi connectivity index (χ0v) is 12.3. The molecule has 1 aromatic carbocycles. The number of hydrogen-bond acceptors (Lipinski definition) is 2. The largest absolute Gasteiger partial charge is 0.493 e. The molecule has 3 heteroatoms. The Morgan fingerprint density at radius 3 is 2.53 bits per heavy atom. The Kier molecular flexibility index (Phi) is 3.85. The van der Waals surface area contributed by atoms with Crippen molar-refractivity contribution < 1.29 is 14.8 Å². The van der Waals surface area contributed by atoms with Crippen molar-refractivity contribution in [3.05, 3.63) is 35.9 Å². The molecular weight excluding hydrogens is 238 g/mol. The summed E-state index contributed by atoms with van der Waals surface area (Å²) in [4.78, 5) is 0. The Balaban J connectivity index is 2.50. The maximum absolute atomic E-state index is 5.42. The van der Waals surface area contributed by atoms with Crippen molar-refractivity contribution in [3.8, 4) is 11.5 Å². The number of methoxy groups -OCH3 is 2. The molecule has 1 aliphatic rings. The number of rotatable bonds is 4. The lowest BCUT2D eigenvalue weighted by atomic mass is 9.82. The molecule has 0 aliphatic carbocycles. The Morgan fingerprint density at radius 1 is 1.32 bits per heavy atom. The average molecular weight is 262 g/mol. The second-order valence-electron chi connectivity index (χ2n) is 5.87. The molecule has 3 nitrogen and oxygen atoms in total. The third-order valence-electron chi connectivity index (χ3n) is 3.76. The maximum Gasteiger partial charge on any atom is 0.161 e. The molecular formula is C16H24NO2+. The summed E-state index contributed by atoms with van der Waals surface area (Å²) in [6.45, 7) is 8.44. The molecule has 0 spiro atoms. The second-order valence-corrected chi connectivity index (χ2v) is 5.87. The fraction of sp³-hybridized carbons (Fsp3) is 0.500. The van der Waals surface area contributed by atoms with E-state index in [4.69, 9.17) is 9.47 Å². The van der Waals surface area contributed by atoms with Crippen LogP contribution < -0.4 is 14.8 Å². The van der Waals surface area contributed by atoms with Crippen LogP contribution in [0.15, 0.2) is 24.8 Å². The first kappa shape index (κ1) is 13.9. The van der Waals surface area contributed by atoms with Crippen LogP contribution in [0, 0.1) is 0 Å². The van der Waals surface area contributed by atoms with Gasteiger partial charge in [0.15, 0.2) is 11.5 Å². The summed E-state index contributed by atoms with van der Waals surface area (Å²) in [6.07, 6.45) is 3.99. The fourth-order valence-corrected chi connectivity index (χ4v) is 2.99. The van der Waals surface area contributed by atoms with Gasteiger partial charge in [0.1, 0.15) is 6.04 Å². The van der Waals surface area contributed by atoms with Crippen molar-refractivity contribution in [1.29, 1.82) is 0 Å².